The average molecular weight is 331 g/mol. The number of hydrogen-bond acceptors (Lipinski definition) is 3. The number of carbonyl (C=O) groups excluding carboxylic acids is 1. The van der Waals surface area contributed by atoms with Crippen LogP contribution in [0.15, 0.2) is 36.5 Å². The van der Waals surface area contributed by atoms with E-state index in [0.717, 1.165) is 42.8 Å². The molecular weight excluding hydrogens is 312 g/mol. The summed E-state index contributed by atoms with van der Waals surface area (Å²) in [4.78, 5) is 16.5. The largest absolute Gasteiger partial charge is 0.365 e. The van der Waals surface area contributed by atoms with Gasteiger partial charge in [-0.2, -0.15) is 0 Å². The first kappa shape index (κ1) is 16.4. The van der Waals surface area contributed by atoms with E-state index in [-0.39, 0.29) is 12.1 Å². The average Bonchev–Trinajstić information content (AvgIpc) is 2.96. The molecule has 0 radical (unpaired) electrons. The molecule has 2 N–H and O–H groups in total. The van der Waals surface area contributed by atoms with Gasteiger partial charge in [0.2, 0.25) is 0 Å². The van der Waals surface area contributed by atoms with Gasteiger partial charge in [-0.15, -0.1) is 0 Å². The molecule has 6 heteroatoms. The molecule has 4 nitrogen and oxygen atoms in total. The molecule has 1 fully saturated rings. The fraction of sp³-hybridized carbons (Fsp3) is 0.333. The van der Waals surface area contributed by atoms with Gasteiger partial charge >= 0.3 is 0 Å². The molecule has 3 rings (SSSR count). The minimum absolute atomic E-state index is 0.0148. The van der Waals surface area contributed by atoms with Crippen molar-refractivity contribution in [2.45, 2.75) is 38.3 Å². The molecule has 1 aromatic heterocycles. The topological polar surface area (TPSA) is 54.0 Å². The highest BCUT2D eigenvalue weighted by atomic mass is 19.1. The van der Waals surface area contributed by atoms with Gasteiger partial charge in [-0.05, 0) is 49.9 Å². The number of halogens is 2. The van der Waals surface area contributed by atoms with Gasteiger partial charge in [-0.25, -0.2) is 13.8 Å². The maximum Gasteiger partial charge on any atom is 0.257 e. The Labute approximate surface area is 139 Å². The smallest absolute Gasteiger partial charge is 0.257 e. The number of carbonyl (C=O) groups is 1. The Morgan fingerprint density at radius 2 is 1.83 bits per heavy atom. The summed E-state index contributed by atoms with van der Waals surface area (Å²) >= 11 is 0. The highest BCUT2D eigenvalue weighted by Crippen LogP contribution is 2.23. The SMILES string of the molecule is Cc1ccc(N[C@H]2CCC[C@@H]2NC(=O)c2c(F)cccc2F)nc1. The fourth-order valence-electron chi connectivity index (χ4n) is 3.00. The molecule has 1 aromatic carbocycles. The quantitative estimate of drug-likeness (QED) is 0.902. The highest BCUT2D eigenvalue weighted by molar-refractivity contribution is 5.95. The van der Waals surface area contributed by atoms with Gasteiger partial charge in [-0.3, -0.25) is 4.79 Å². The van der Waals surface area contributed by atoms with Crippen LogP contribution >= 0.6 is 0 Å². The van der Waals surface area contributed by atoms with Gasteiger partial charge in [0.05, 0.1) is 0 Å². The number of rotatable bonds is 4. The number of aryl methyl sites for hydroxylation is 1. The van der Waals surface area contributed by atoms with Crippen molar-refractivity contribution in [3.05, 3.63) is 59.3 Å². The van der Waals surface area contributed by atoms with Crippen molar-refractivity contribution in [2.75, 3.05) is 5.32 Å². The Morgan fingerprint density at radius 1 is 1.12 bits per heavy atom. The maximum atomic E-state index is 13.7. The minimum atomic E-state index is -0.852. The Hall–Kier alpha value is -2.50. The van der Waals surface area contributed by atoms with E-state index in [9.17, 15) is 13.6 Å². The molecule has 1 amide bonds. The number of amides is 1. The molecule has 24 heavy (non-hydrogen) atoms. The van der Waals surface area contributed by atoms with Crippen LogP contribution in [0.1, 0.15) is 35.2 Å². The lowest BCUT2D eigenvalue weighted by Gasteiger charge is -2.23. The van der Waals surface area contributed by atoms with Gasteiger partial charge < -0.3 is 10.6 Å². The second kappa shape index (κ2) is 6.95. The normalized spacial score (nSPS) is 20.0. The van der Waals surface area contributed by atoms with Crippen LogP contribution in [0.5, 0.6) is 0 Å². The molecule has 1 aliphatic rings. The van der Waals surface area contributed by atoms with E-state index in [2.05, 4.69) is 15.6 Å². The third-order valence-corrected chi connectivity index (χ3v) is 4.27. The molecule has 1 aliphatic carbocycles. The second-order valence-corrected chi connectivity index (χ2v) is 6.08. The molecule has 1 saturated carbocycles. The summed E-state index contributed by atoms with van der Waals surface area (Å²) in [6.45, 7) is 1.96. The standard InChI is InChI=1S/C18H19F2N3O/c1-11-8-9-16(21-10-11)22-14-6-3-7-15(14)23-18(24)17-12(19)4-2-5-13(17)20/h2,4-5,8-10,14-15H,3,6-7H2,1H3,(H,21,22)(H,23,24)/t14-,15-/m0/s1. The van der Waals surface area contributed by atoms with Crippen molar-refractivity contribution >= 4 is 11.7 Å². The summed E-state index contributed by atoms with van der Waals surface area (Å²) in [7, 11) is 0. The van der Waals surface area contributed by atoms with Crippen molar-refractivity contribution in [1.82, 2.24) is 10.3 Å². The van der Waals surface area contributed by atoms with Gasteiger partial charge in [-0.1, -0.05) is 12.1 Å². The number of anilines is 1. The summed E-state index contributed by atoms with van der Waals surface area (Å²) in [6, 6.07) is 7.02. The van der Waals surface area contributed by atoms with Crippen molar-refractivity contribution in [3.8, 4) is 0 Å². The molecule has 1 heterocycles. The molecule has 126 valence electrons. The van der Waals surface area contributed by atoms with E-state index in [1.165, 1.54) is 6.07 Å². The molecule has 0 bridgehead atoms. The lowest BCUT2D eigenvalue weighted by Crippen LogP contribution is -2.44. The monoisotopic (exact) mass is 331 g/mol. The van der Waals surface area contributed by atoms with E-state index in [4.69, 9.17) is 0 Å². The molecule has 0 saturated heterocycles. The predicted molar refractivity (Wildman–Crippen MR) is 87.8 cm³/mol. The molecule has 2 atom stereocenters. The Bertz CT molecular complexity index is 713. The van der Waals surface area contributed by atoms with Crippen molar-refractivity contribution in [3.63, 3.8) is 0 Å². The zero-order valence-electron chi connectivity index (χ0n) is 13.4. The zero-order chi connectivity index (χ0) is 17.1. The number of hydrogen-bond donors (Lipinski definition) is 2. The van der Waals surface area contributed by atoms with Gasteiger partial charge in [0.15, 0.2) is 0 Å². The van der Waals surface area contributed by atoms with Crippen LogP contribution in [-0.2, 0) is 0 Å². The third kappa shape index (κ3) is 3.53. The van der Waals surface area contributed by atoms with Crippen LogP contribution in [0.3, 0.4) is 0 Å². The van der Waals surface area contributed by atoms with Crippen LogP contribution in [0.4, 0.5) is 14.6 Å². The molecule has 0 unspecified atom stereocenters. The van der Waals surface area contributed by atoms with Crippen molar-refractivity contribution < 1.29 is 13.6 Å². The summed E-state index contributed by atoms with van der Waals surface area (Å²) in [6.07, 6.45) is 4.30. The lowest BCUT2D eigenvalue weighted by molar-refractivity contribution is 0.0927. The van der Waals surface area contributed by atoms with E-state index in [1.807, 2.05) is 19.1 Å². The van der Waals surface area contributed by atoms with Crippen LogP contribution in [0.2, 0.25) is 0 Å². The summed E-state index contributed by atoms with van der Waals surface area (Å²) in [5.41, 5.74) is 0.531. The van der Waals surface area contributed by atoms with Crippen molar-refractivity contribution in [1.29, 1.82) is 0 Å². The van der Waals surface area contributed by atoms with Crippen LogP contribution in [0.25, 0.3) is 0 Å². The summed E-state index contributed by atoms with van der Waals surface area (Å²) < 4.78 is 27.5. The number of pyridine rings is 1. The molecule has 0 aliphatic heterocycles. The van der Waals surface area contributed by atoms with Gasteiger partial charge in [0, 0.05) is 18.3 Å². The number of benzene rings is 1. The first-order valence-corrected chi connectivity index (χ1v) is 7.98. The maximum absolute atomic E-state index is 13.7. The van der Waals surface area contributed by atoms with Crippen LogP contribution in [-0.4, -0.2) is 23.0 Å². The summed E-state index contributed by atoms with van der Waals surface area (Å²) in [5, 5.41) is 6.04. The minimum Gasteiger partial charge on any atom is -0.365 e. The van der Waals surface area contributed by atoms with E-state index in [0.29, 0.717) is 0 Å². The number of nitrogens with zero attached hydrogens (tertiary/aromatic N) is 1. The Kier molecular flexibility index (Phi) is 4.74. The number of aromatic nitrogens is 1. The number of nitrogens with one attached hydrogen (secondary N) is 2. The van der Waals surface area contributed by atoms with Crippen molar-refractivity contribution in [2.24, 2.45) is 0 Å². The van der Waals surface area contributed by atoms with E-state index >= 15 is 0 Å². The third-order valence-electron chi connectivity index (χ3n) is 4.27. The highest BCUT2D eigenvalue weighted by Gasteiger charge is 2.30. The molecular formula is C18H19F2N3O. The van der Waals surface area contributed by atoms with E-state index < -0.39 is 23.1 Å². The zero-order valence-corrected chi connectivity index (χ0v) is 13.4. The van der Waals surface area contributed by atoms with Gasteiger partial charge in [0.25, 0.3) is 5.91 Å². The summed E-state index contributed by atoms with van der Waals surface area (Å²) in [5.74, 6) is -1.70. The predicted octanol–water partition coefficient (Wildman–Crippen LogP) is 3.43. The molecule has 0 spiro atoms. The fourth-order valence-corrected chi connectivity index (χ4v) is 3.00. The second-order valence-electron chi connectivity index (χ2n) is 6.08. The molecule has 2 aromatic rings. The Balaban J connectivity index is 1.69. The van der Waals surface area contributed by atoms with Gasteiger partial charge in [0.1, 0.15) is 23.0 Å². The van der Waals surface area contributed by atoms with Crippen LogP contribution in [0, 0.1) is 18.6 Å². The first-order valence-electron chi connectivity index (χ1n) is 7.98. The van der Waals surface area contributed by atoms with E-state index in [1.54, 1.807) is 6.20 Å². The first-order chi connectivity index (χ1) is 11.5. The lowest BCUT2D eigenvalue weighted by atomic mass is 10.1. The van der Waals surface area contributed by atoms with Crippen LogP contribution < -0.4 is 10.6 Å². The Morgan fingerprint density at radius 3 is 2.50 bits per heavy atom.